The lowest BCUT2D eigenvalue weighted by molar-refractivity contribution is 0.303. The predicted octanol–water partition coefficient (Wildman–Crippen LogP) is 6.54. The number of phenols is 1. The van der Waals surface area contributed by atoms with E-state index in [2.05, 4.69) is 5.32 Å². The van der Waals surface area contributed by atoms with Crippen molar-refractivity contribution >= 4 is 40.5 Å². The van der Waals surface area contributed by atoms with Crippen LogP contribution in [-0.2, 0) is 13.2 Å². The van der Waals surface area contributed by atoms with Gasteiger partial charge in [-0.25, -0.2) is 0 Å². The first-order valence-electron chi connectivity index (χ1n) is 7.89. The van der Waals surface area contributed by atoms with Crippen LogP contribution in [0.4, 0.5) is 5.69 Å². The third-order valence-corrected chi connectivity index (χ3v) is 4.59. The van der Waals surface area contributed by atoms with Gasteiger partial charge in [-0.05, 0) is 54.6 Å². The first-order valence-corrected chi connectivity index (χ1v) is 9.03. The number of rotatable bonds is 6. The zero-order valence-electron chi connectivity index (χ0n) is 13.7. The third kappa shape index (κ3) is 4.98. The smallest absolute Gasteiger partial charge is 0.124 e. The molecule has 0 saturated heterocycles. The second-order valence-electron chi connectivity index (χ2n) is 5.68. The van der Waals surface area contributed by atoms with E-state index in [4.69, 9.17) is 39.5 Å². The second kappa shape index (κ2) is 8.54. The predicted molar refractivity (Wildman–Crippen MR) is 108 cm³/mol. The number of hydrogen-bond donors (Lipinski definition) is 2. The van der Waals surface area contributed by atoms with Crippen molar-refractivity contribution in [3.05, 3.63) is 86.9 Å². The topological polar surface area (TPSA) is 41.5 Å². The summed E-state index contributed by atoms with van der Waals surface area (Å²) < 4.78 is 5.94. The van der Waals surface area contributed by atoms with Crippen LogP contribution in [0.1, 0.15) is 11.1 Å². The number of hydrogen-bond acceptors (Lipinski definition) is 3. The van der Waals surface area contributed by atoms with Gasteiger partial charge < -0.3 is 15.2 Å². The molecule has 0 aliphatic rings. The van der Waals surface area contributed by atoms with Crippen molar-refractivity contribution in [2.75, 3.05) is 5.32 Å². The van der Waals surface area contributed by atoms with E-state index in [-0.39, 0.29) is 5.75 Å². The van der Waals surface area contributed by atoms with Gasteiger partial charge in [0.15, 0.2) is 0 Å². The lowest BCUT2D eigenvalue weighted by Crippen LogP contribution is -2.04. The lowest BCUT2D eigenvalue weighted by Gasteiger charge is -2.14. The molecule has 0 bridgehead atoms. The zero-order chi connectivity index (χ0) is 18.5. The van der Waals surface area contributed by atoms with Gasteiger partial charge in [0.25, 0.3) is 0 Å². The summed E-state index contributed by atoms with van der Waals surface area (Å²) >= 11 is 18.2. The molecule has 0 heterocycles. The number of anilines is 1. The molecule has 26 heavy (non-hydrogen) atoms. The summed E-state index contributed by atoms with van der Waals surface area (Å²) in [6.45, 7) is 0.846. The van der Waals surface area contributed by atoms with Gasteiger partial charge in [-0.1, -0.05) is 40.9 Å². The molecule has 0 atom stereocenters. The number of phenolic OH excluding ortho intramolecular Hbond substituents is 1. The second-order valence-corrected chi connectivity index (χ2v) is 6.96. The van der Waals surface area contributed by atoms with Crippen LogP contribution >= 0.6 is 34.8 Å². The van der Waals surface area contributed by atoms with Crippen molar-refractivity contribution in [3.8, 4) is 11.5 Å². The molecule has 2 N–H and O–H groups in total. The highest BCUT2D eigenvalue weighted by Gasteiger charge is 2.08. The molecule has 0 aliphatic heterocycles. The van der Waals surface area contributed by atoms with Gasteiger partial charge in [-0.2, -0.15) is 0 Å². The normalized spacial score (nSPS) is 10.6. The Morgan fingerprint density at radius 3 is 2.23 bits per heavy atom. The summed E-state index contributed by atoms with van der Waals surface area (Å²) in [5, 5.41) is 14.4. The van der Waals surface area contributed by atoms with Gasteiger partial charge in [0.05, 0.1) is 0 Å². The maximum atomic E-state index is 9.36. The molecule has 3 aromatic carbocycles. The van der Waals surface area contributed by atoms with Gasteiger partial charge in [0.2, 0.25) is 0 Å². The Hall–Kier alpha value is -2.07. The number of ether oxygens (including phenoxy) is 1. The summed E-state index contributed by atoms with van der Waals surface area (Å²) in [5.74, 6) is 0.939. The van der Waals surface area contributed by atoms with Crippen LogP contribution in [0.2, 0.25) is 15.1 Å². The molecule has 0 fully saturated rings. The molecule has 134 valence electrons. The van der Waals surface area contributed by atoms with Crippen molar-refractivity contribution in [1.82, 2.24) is 0 Å². The molecule has 0 aromatic heterocycles. The van der Waals surface area contributed by atoms with Gasteiger partial charge in [0.1, 0.15) is 18.1 Å². The Morgan fingerprint density at radius 2 is 1.50 bits per heavy atom. The van der Waals surface area contributed by atoms with Crippen LogP contribution in [0, 0.1) is 0 Å². The van der Waals surface area contributed by atoms with Crippen LogP contribution in [0.3, 0.4) is 0 Å². The highest BCUT2D eigenvalue weighted by atomic mass is 35.5. The number of nitrogens with one attached hydrogen (secondary N) is 1. The summed E-state index contributed by atoms with van der Waals surface area (Å²) in [7, 11) is 0. The van der Waals surface area contributed by atoms with E-state index in [9.17, 15) is 5.11 Å². The van der Waals surface area contributed by atoms with Gasteiger partial charge >= 0.3 is 0 Å². The van der Waals surface area contributed by atoms with E-state index in [0.717, 1.165) is 16.8 Å². The molecule has 0 unspecified atom stereocenters. The number of benzene rings is 3. The fraction of sp³-hybridized carbons (Fsp3) is 0.100. The fourth-order valence-corrected chi connectivity index (χ4v) is 3.06. The Balaban J connectivity index is 1.71. The first-order chi connectivity index (χ1) is 12.5. The highest BCUT2D eigenvalue weighted by Crippen LogP contribution is 2.27. The Labute approximate surface area is 167 Å². The fourth-order valence-electron chi connectivity index (χ4n) is 2.40. The molecular weight excluding hydrogens is 393 g/mol. The maximum Gasteiger partial charge on any atom is 0.124 e. The van der Waals surface area contributed by atoms with Gasteiger partial charge in [-0.15, -0.1) is 0 Å². The van der Waals surface area contributed by atoms with Crippen LogP contribution in [-0.4, -0.2) is 5.11 Å². The minimum Gasteiger partial charge on any atom is -0.508 e. The molecule has 0 amide bonds. The van der Waals surface area contributed by atoms with E-state index in [1.54, 1.807) is 42.5 Å². The molecule has 0 saturated carbocycles. The Bertz CT molecular complexity index is 898. The summed E-state index contributed by atoms with van der Waals surface area (Å²) in [6.07, 6.45) is 0. The summed E-state index contributed by atoms with van der Waals surface area (Å²) in [6, 6.07) is 17.6. The van der Waals surface area contributed by atoms with E-state index >= 15 is 0 Å². The molecule has 3 nitrogen and oxygen atoms in total. The number of aromatic hydroxyl groups is 1. The van der Waals surface area contributed by atoms with Crippen LogP contribution in [0.15, 0.2) is 60.7 Å². The van der Waals surface area contributed by atoms with E-state index in [0.29, 0.717) is 34.0 Å². The average Bonchev–Trinajstić information content (AvgIpc) is 2.62. The molecule has 0 radical (unpaired) electrons. The maximum absolute atomic E-state index is 9.36. The standard InChI is InChI=1S/C20H16Cl3NO2/c21-15-3-8-20(26-12-13-1-2-16(22)10-19(13)23)14(9-15)11-24-17-4-6-18(25)7-5-17/h1-10,24-25H,11-12H2. The van der Waals surface area contributed by atoms with Crippen LogP contribution < -0.4 is 10.1 Å². The molecule has 3 rings (SSSR count). The van der Waals surface area contributed by atoms with Crippen molar-refractivity contribution in [1.29, 1.82) is 0 Å². The van der Waals surface area contributed by atoms with E-state index in [1.807, 2.05) is 18.2 Å². The van der Waals surface area contributed by atoms with Crippen molar-refractivity contribution < 1.29 is 9.84 Å². The molecule has 0 aliphatic carbocycles. The van der Waals surface area contributed by atoms with Crippen molar-refractivity contribution in [2.45, 2.75) is 13.2 Å². The van der Waals surface area contributed by atoms with E-state index in [1.165, 1.54) is 0 Å². The molecule has 0 spiro atoms. The molecular formula is C20H16Cl3NO2. The quantitative estimate of drug-likeness (QED) is 0.455. The Kier molecular flexibility index (Phi) is 6.15. The summed E-state index contributed by atoms with van der Waals surface area (Å²) in [4.78, 5) is 0. The monoisotopic (exact) mass is 407 g/mol. The zero-order valence-corrected chi connectivity index (χ0v) is 15.9. The Morgan fingerprint density at radius 1 is 0.808 bits per heavy atom. The first kappa shape index (κ1) is 18.7. The lowest BCUT2D eigenvalue weighted by atomic mass is 10.2. The molecule has 6 heteroatoms. The van der Waals surface area contributed by atoms with Crippen LogP contribution in [0.25, 0.3) is 0 Å². The summed E-state index contributed by atoms with van der Waals surface area (Å²) in [5.41, 5.74) is 2.65. The van der Waals surface area contributed by atoms with Crippen LogP contribution in [0.5, 0.6) is 11.5 Å². The minimum absolute atomic E-state index is 0.224. The van der Waals surface area contributed by atoms with E-state index < -0.39 is 0 Å². The van der Waals surface area contributed by atoms with Gasteiger partial charge in [0, 0.05) is 38.4 Å². The minimum atomic E-state index is 0.224. The van der Waals surface area contributed by atoms with Crippen molar-refractivity contribution in [3.63, 3.8) is 0 Å². The van der Waals surface area contributed by atoms with Crippen molar-refractivity contribution in [2.24, 2.45) is 0 Å². The highest BCUT2D eigenvalue weighted by molar-refractivity contribution is 6.35. The SMILES string of the molecule is Oc1ccc(NCc2cc(Cl)ccc2OCc2ccc(Cl)cc2Cl)cc1. The molecule has 3 aromatic rings. The third-order valence-electron chi connectivity index (χ3n) is 3.77. The number of halogens is 3. The largest absolute Gasteiger partial charge is 0.508 e. The average molecular weight is 409 g/mol. The van der Waals surface area contributed by atoms with Gasteiger partial charge in [-0.3, -0.25) is 0 Å².